The summed E-state index contributed by atoms with van der Waals surface area (Å²) in [5.41, 5.74) is 3.31. The summed E-state index contributed by atoms with van der Waals surface area (Å²) in [4.78, 5) is 14.8. The van der Waals surface area contributed by atoms with Crippen molar-refractivity contribution in [2.45, 2.75) is 20.8 Å². The lowest BCUT2D eigenvalue weighted by molar-refractivity contribution is 0.101. The molecule has 2 aromatic rings. The van der Waals surface area contributed by atoms with Gasteiger partial charge in [0.15, 0.2) is 5.76 Å². The Labute approximate surface area is 142 Å². The van der Waals surface area contributed by atoms with Crippen LogP contribution in [0.3, 0.4) is 0 Å². The van der Waals surface area contributed by atoms with E-state index in [1.165, 1.54) is 6.07 Å². The number of nitrogens with zero attached hydrogens (tertiary/aromatic N) is 1. The van der Waals surface area contributed by atoms with Crippen molar-refractivity contribution in [1.82, 2.24) is 0 Å². The number of phenols is 1. The lowest BCUT2D eigenvalue weighted by Crippen LogP contribution is -2.21. The number of aromatic hydroxyl groups is 1. The van der Waals surface area contributed by atoms with Gasteiger partial charge >= 0.3 is 0 Å². The van der Waals surface area contributed by atoms with Crippen LogP contribution in [0.2, 0.25) is 0 Å². The van der Waals surface area contributed by atoms with Crippen molar-refractivity contribution in [1.29, 1.82) is 0 Å². The number of allylic oxidation sites excluding steroid dienone is 1. The molecule has 1 heterocycles. The normalized spacial score (nSPS) is 14.6. The number of fused-ring (bicyclic) bond motifs is 1. The van der Waals surface area contributed by atoms with E-state index in [1.807, 2.05) is 24.3 Å². The molecule has 0 bridgehead atoms. The fraction of sp³-hybridized carbons (Fsp3) is 0.250. The highest BCUT2D eigenvalue weighted by atomic mass is 16.5. The molecule has 0 atom stereocenters. The number of ketones is 1. The minimum atomic E-state index is -0.143. The number of Topliss-reactive ketones (excluding diaryl/α,β-unsaturated/α-hetero) is 1. The summed E-state index contributed by atoms with van der Waals surface area (Å²) in [5, 5.41) is 9.65. The molecule has 0 radical (unpaired) electrons. The van der Waals surface area contributed by atoms with Crippen molar-refractivity contribution in [2.75, 3.05) is 18.0 Å². The van der Waals surface area contributed by atoms with Gasteiger partial charge in [0.05, 0.1) is 5.56 Å². The number of anilines is 1. The van der Waals surface area contributed by atoms with Crippen molar-refractivity contribution in [3.63, 3.8) is 0 Å². The maximum Gasteiger partial charge on any atom is 0.232 e. The summed E-state index contributed by atoms with van der Waals surface area (Å²) in [5.74, 6) is 0.664. The van der Waals surface area contributed by atoms with Crippen LogP contribution in [0, 0.1) is 6.92 Å². The number of rotatable bonds is 4. The summed E-state index contributed by atoms with van der Waals surface area (Å²) in [7, 11) is 0. The van der Waals surface area contributed by atoms with Gasteiger partial charge in [-0.2, -0.15) is 0 Å². The first-order valence-corrected chi connectivity index (χ1v) is 8.16. The molecule has 4 nitrogen and oxygen atoms in total. The monoisotopic (exact) mass is 323 g/mol. The minimum absolute atomic E-state index is 0.101. The van der Waals surface area contributed by atoms with Gasteiger partial charge in [0, 0.05) is 24.8 Å². The lowest BCUT2D eigenvalue weighted by Gasteiger charge is -2.20. The number of hydrogen-bond donors (Lipinski definition) is 1. The van der Waals surface area contributed by atoms with E-state index in [9.17, 15) is 9.90 Å². The van der Waals surface area contributed by atoms with E-state index >= 15 is 0 Å². The molecule has 0 aliphatic carbocycles. The van der Waals surface area contributed by atoms with Crippen LogP contribution in [0.1, 0.15) is 35.3 Å². The van der Waals surface area contributed by atoms with Crippen LogP contribution < -0.4 is 9.64 Å². The number of carbonyl (C=O) groups excluding carboxylic acids is 1. The van der Waals surface area contributed by atoms with Crippen LogP contribution in [0.15, 0.2) is 42.2 Å². The third-order valence-electron chi connectivity index (χ3n) is 4.27. The molecule has 0 spiro atoms. The smallest absolute Gasteiger partial charge is 0.232 e. The topological polar surface area (TPSA) is 49.8 Å². The SMILES string of the molecule is CCN(CC)c1ccc(/C=C2/Oc3cc(O)cc(C)c3C2=O)cc1. The van der Waals surface area contributed by atoms with E-state index < -0.39 is 0 Å². The summed E-state index contributed by atoms with van der Waals surface area (Å²) >= 11 is 0. The zero-order chi connectivity index (χ0) is 17.3. The molecule has 24 heavy (non-hydrogen) atoms. The summed E-state index contributed by atoms with van der Waals surface area (Å²) in [6, 6.07) is 11.1. The average molecular weight is 323 g/mol. The molecule has 4 heteroatoms. The third kappa shape index (κ3) is 2.87. The fourth-order valence-electron chi connectivity index (χ4n) is 3.01. The van der Waals surface area contributed by atoms with Gasteiger partial charge in [-0.3, -0.25) is 4.79 Å². The molecule has 0 saturated heterocycles. The molecular weight excluding hydrogens is 302 g/mol. The van der Waals surface area contributed by atoms with Crippen LogP contribution in [0.25, 0.3) is 6.08 Å². The molecule has 0 fully saturated rings. The molecule has 1 aliphatic rings. The Morgan fingerprint density at radius 2 is 1.79 bits per heavy atom. The number of carbonyl (C=O) groups is 1. The predicted octanol–water partition coefficient (Wildman–Crippen LogP) is 4.16. The molecule has 1 aliphatic heterocycles. The minimum Gasteiger partial charge on any atom is -0.508 e. The zero-order valence-electron chi connectivity index (χ0n) is 14.2. The number of phenolic OH excluding ortho intramolecular Hbond substituents is 1. The zero-order valence-corrected chi connectivity index (χ0v) is 14.2. The molecule has 0 unspecified atom stereocenters. The first kappa shape index (κ1) is 16.1. The van der Waals surface area contributed by atoms with E-state index in [4.69, 9.17) is 4.74 Å². The highest BCUT2D eigenvalue weighted by molar-refractivity contribution is 6.15. The first-order valence-electron chi connectivity index (χ1n) is 8.16. The Morgan fingerprint density at radius 3 is 2.42 bits per heavy atom. The third-order valence-corrected chi connectivity index (χ3v) is 4.27. The Balaban J connectivity index is 1.88. The van der Waals surface area contributed by atoms with Gasteiger partial charge in [0.1, 0.15) is 11.5 Å². The number of benzene rings is 2. The summed E-state index contributed by atoms with van der Waals surface area (Å²) in [6.45, 7) is 7.95. The predicted molar refractivity (Wildman–Crippen MR) is 95.8 cm³/mol. The van der Waals surface area contributed by atoms with Gasteiger partial charge in [-0.05, 0) is 56.2 Å². The van der Waals surface area contributed by atoms with E-state index in [2.05, 4.69) is 18.7 Å². The van der Waals surface area contributed by atoms with E-state index in [0.717, 1.165) is 29.9 Å². The Morgan fingerprint density at radius 1 is 1.12 bits per heavy atom. The van der Waals surface area contributed by atoms with E-state index in [1.54, 1.807) is 19.1 Å². The Hall–Kier alpha value is -2.75. The Bertz CT molecular complexity index is 802. The fourth-order valence-corrected chi connectivity index (χ4v) is 3.01. The molecular formula is C20H21NO3. The standard InChI is InChI=1S/C20H21NO3/c1-4-21(5-2)15-8-6-14(7-9-15)11-18-20(23)19-13(3)10-16(22)12-17(19)24-18/h6-12,22H,4-5H2,1-3H3/b18-11+. The largest absolute Gasteiger partial charge is 0.508 e. The first-order chi connectivity index (χ1) is 11.5. The van der Waals surface area contributed by atoms with Crippen LogP contribution in [-0.2, 0) is 0 Å². The quantitative estimate of drug-likeness (QED) is 0.858. The number of ether oxygens (including phenoxy) is 1. The second-order valence-electron chi connectivity index (χ2n) is 5.84. The van der Waals surface area contributed by atoms with Crippen LogP contribution >= 0.6 is 0 Å². The molecule has 124 valence electrons. The Kier molecular flexibility index (Phi) is 4.30. The van der Waals surface area contributed by atoms with Crippen LogP contribution in [0.4, 0.5) is 5.69 Å². The van der Waals surface area contributed by atoms with Crippen molar-refractivity contribution in [3.8, 4) is 11.5 Å². The molecule has 3 rings (SSSR count). The molecule has 2 aromatic carbocycles. The van der Waals surface area contributed by atoms with Crippen molar-refractivity contribution in [2.24, 2.45) is 0 Å². The van der Waals surface area contributed by atoms with Gasteiger partial charge in [-0.15, -0.1) is 0 Å². The summed E-state index contributed by atoms with van der Waals surface area (Å²) < 4.78 is 5.65. The van der Waals surface area contributed by atoms with Gasteiger partial charge in [-0.1, -0.05) is 12.1 Å². The molecule has 1 N–H and O–H groups in total. The lowest BCUT2D eigenvalue weighted by atomic mass is 10.0. The van der Waals surface area contributed by atoms with E-state index in [-0.39, 0.29) is 17.3 Å². The van der Waals surface area contributed by atoms with E-state index in [0.29, 0.717) is 11.3 Å². The van der Waals surface area contributed by atoms with Gasteiger partial charge < -0.3 is 14.7 Å². The summed E-state index contributed by atoms with van der Waals surface area (Å²) in [6.07, 6.45) is 1.74. The number of hydrogen-bond acceptors (Lipinski definition) is 4. The van der Waals surface area contributed by atoms with Crippen LogP contribution in [0.5, 0.6) is 11.5 Å². The highest BCUT2D eigenvalue weighted by Crippen LogP contribution is 2.37. The van der Waals surface area contributed by atoms with Gasteiger partial charge in [0.25, 0.3) is 0 Å². The number of aryl methyl sites for hydroxylation is 1. The van der Waals surface area contributed by atoms with Crippen molar-refractivity contribution >= 4 is 17.5 Å². The molecule has 0 amide bonds. The average Bonchev–Trinajstić information content (AvgIpc) is 2.86. The van der Waals surface area contributed by atoms with Crippen molar-refractivity contribution < 1.29 is 14.6 Å². The van der Waals surface area contributed by atoms with Gasteiger partial charge in [-0.25, -0.2) is 0 Å². The maximum atomic E-state index is 12.5. The van der Waals surface area contributed by atoms with Crippen molar-refractivity contribution in [3.05, 3.63) is 58.8 Å². The second kappa shape index (κ2) is 6.40. The molecule has 0 aromatic heterocycles. The van der Waals surface area contributed by atoms with Crippen LogP contribution in [-0.4, -0.2) is 24.0 Å². The molecule has 0 saturated carbocycles. The second-order valence-corrected chi connectivity index (χ2v) is 5.84. The highest BCUT2D eigenvalue weighted by Gasteiger charge is 2.29. The maximum absolute atomic E-state index is 12.5. The van der Waals surface area contributed by atoms with Gasteiger partial charge in [0.2, 0.25) is 5.78 Å².